The average Bonchev–Trinajstić information content (AvgIpc) is 3.09. The zero-order valence-corrected chi connectivity index (χ0v) is 10.2. The van der Waals surface area contributed by atoms with E-state index in [2.05, 4.69) is 18.8 Å². The first-order valence-electron chi connectivity index (χ1n) is 5.87. The van der Waals surface area contributed by atoms with E-state index in [1.54, 1.807) is 7.11 Å². The maximum atomic E-state index is 5.76. The Balaban J connectivity index is 2.12. The highest BCUT2D eigenvalue weighted by atomic mass is 16.5. The summed E-state index contributed by atoms with van der Waals surface area (Å²) >= 11 is 0. The summed E-state index contributed by atoms with van der Waals surface area (Å²) in [5.74, 6) is 2.57. The van der Waals surface area contributed by atoms with E-state index in [4.69, 9.17) is 9.47 Å². The number of rotatable bonds is 5. The average molecular weight is 221 g/mol. The van der Waals surface area contributed by atoms with Crippen LogP contribution in [0.25, 0.3) is 0 Å². The SMILES string of the molecule is COc1ncc(C(C)C)cc1OCC1CC1. The van der Waals surface area contributed by atoms with Crippen molar-refractivity contribution in [2.75, 3.05) is 13.7 Å². The van der Waals surface area contributed by atoms with Crippen molar-refractivity contribution < 1.29 is 9.47 Å². The molecule has 0 saturated heterocycles. The van der Waals surface area contributed by atoms with Gasteiger partial charge in [0.05, 0.1) is 13.7 Å². The van der Waals surface area contributed by atoms with E-state index in [-0.39, 0.29) is 0 Å². The van der Waals surface area contributed by atoms with E-state index >= 15 is 0 Å². The molecule has 0 spiro atoms. The lowest BCUT2D eigenvalue weighted by atomic mass is 10.1. The van der Waals surface area contributed by atoms with Crippen molar-refractivity contribution >= 4 is 0 Å². The van der Waals surface area contributed by atoms with Crippen molar-refractivity contribution in [1.29, 1.82) is 0 Å². The first kappa shape index (κ1) is 11.2. The minimum atomic E-state index is 0.460. The maximum absolute atomic E-state index is 5.76. The van der Waals surface area contributed by atoms with Crippen molar-refractivity contribution in [3.63, 3.8) is 0 Å². The van der Waals surface area contributed by atoms with E-state index in [9.17, 15) is 0 Å². The first-order chi connectivity index (χ1) is 7.70. The number of nitrogens with zero attached hydrogens (tertiary/aromatic N) is 1. The van der Waals surface area contributed by atoms with Crippen LogP contribution in [0.5, 0.6) is 11.6 Å². The van der Waals surface area contributed by atoms with E-state index in [0.717, 1.165) is 18.3 Å². The molecule has 0 bridgehead atoms. The second kappa shape index (κ2) is 4.73. The highest BCUT2D eigenvalue weighted by molar-refractivity contribution is 5.37. The number of aromatic nitrogens is 1. The summed E-state index contributed by atoms with van der Waals surface area (Å²) in [6.45, 7) is 5.09. The Morgan fingerprint density at radius 1 is 1.44 bits per heavy atom. The number of hydrogen-bond donors (Lipinski definition) is 0. The molecule has 3 nitrogen and oxygen atoms in total. The molecule has 1 fully saturated rings. The van der Waals surface area contributed by atoms with Crippen molar-refractivity contribution in [1.82, 2.24) is 4.98 Å². The van der Waals surface area contributed by atoms with Crippen LogP contribution in [0.3, 0.4) is 0 Å². The maximum Gasteiger partial charge on any atom is 0.256 e. The molecule has 1 aromatic rings. The van der Waals surface area contributed by atoms with Gasteiger partial charge in [-0.15, -0.1) is 0 Å². The van der Waals surface area contributed by atoms with Gasteiger partial charge in [-0.2, -0.15) is 0 Å². The topological polar surface area (TPSA) is 31.4 Å². The molecule has 3 heteroatoms. The number of methoxy groups -OCH3 is 1. The van der Waals surface area contributed by atoms with E-state index in [0.29, 0.717) is 11.8 Å². The number of pyridine rings is 1. The van der Waals surface area contributed by atoms with Gasteiger partial charge in [0.15, 0.2) is 5.75 Å². The minimum absolute atomic E-state index is 0.460. The molecular formula is C13H19NO2. The van der Waals surface area contributed by atoms with Crippen molar-refractivity contribution in [2.24, 2.45) is 5.92 Å². The number of hydrogen-bond acceptors (Lipinski definition) is 3. The molecule has 1 aliphatic carbocycles. The lowest BCUT2D eigenvalue weighted by molar-refractivity contribution is 0.275. The first-order valence-corrected chi connectivity index (χ1v) is 5.87. The largest absolute Gasteiger partial charge is 0.488 e. The highest BCUT2D eigenvalue weighted by Crippen LogP contribution is 2.33. The van der Waals surface area contributed by atoms with Crippen LogP contribution >= 0.6 is 0 Å². The molecule has 0 aromatic carbocycles. The summed E-state index contributed by atoms with van der Waals surface area (Å²) < 4.78 is 11.0. The Labute approximate surface area is 96.8 Å². The van der Waals surface area contributed by atoms with Crippen molar-refractivity contribution in [3.8, 4) is 11.6 Å². The van der Waals surface area contributed by atoms with Crippen LogP contribution in [-0.4, -0.2) is 18.7 Å². The van der Waals surface area contributed by atoms with Gasteiger partial charge in [-0.3, -0.25) is 0 Å². The van der Waals surface area contributed by atoms with Gasteiger partial charge in [0.1, 0.15) is 0 Å². The summed E-state index contributed by atoms with van der Waals surface area (Å²) in [5, 5.41) is 0. The molecule has 0 unspecified atom stereocenters. The van der Waals surface area contributed by atoms with Crippen LogP contribution in [0.15, 0.2) is 12.3 Å². The molecular weight excluding hydrogens is 202 g/mol. The predicted molar refractivity (Wildman–Crippen MR) is 63.1 cm³/mol. The van der Waals surface area contributed by atoms with Gasteiger partial charge in [-0.05, 0) is 36.3 Å². The molecule has 0 N–H and O–H groups in total. The zero-order valence-electron chi connectivity index (χ0n) is 10.2. The van der Waals surface area contributed by atoms with Crippen LogP contribution in [-0.2, 0) is 0 Å². The van der Waals surface area contributed by atoms with Gasteiger partial charge in [0, 0.05) is 6.20 Å². The van der Waals surface area contributed by atoms with E-state index < -0.39 is 0 Å². The Hall–Kier alpha value is -1.25. The van der Waals surface area contributed by atoms with Crippen LogP contribution in [0, 0.1) is 5.92 Å². The van der Waals surface area contributed by atoms with Crippen molar-refractivity contribution in [2.45, 2.75) is 32.6 Å². The molecule has 0 atom stereocenters. The fourth-order valence-electron chi connectivity index (χ4n) is 1.51. The van der Waals surface area contributed by atoms with Crippen LogP contribution < -0.4 is 9.47 Å². The van der Waals surface area contributed by atoms with Crippen LogP contribution in [0.4, 0.5) is 0 Å². The fraction of sp³-hybridized carbons (Fsp3) is 0.615. The third-order valence-corrected chi connectivity index (χ3v) is 2.87. The second-order valence-corrected chi connectivity index (χ2v) is 4.69. The molecule has 2 rings (SSSR count). The summed E-state index contributed by atoms with van der Waals surface area (Å²) in [6, 6.07) is 2.04. The van der Waals surface area contributed by atoms with E-state index in [1.165, 1.54) is 18.4 Å². The Kier molecular flexibility index (Phi) is 3.32. The monoisotopic (exact) mass is 221 g/mol. The summed E-state index contributed by atoms with van der Waals surface area (Å²) in [4.78, 5) is 4.27. The second-order valence-electron chi connectivity index (χ2n) is 4.69. The quantitative estimate of drug-likeness (QED) is 0.766. The molecule has 0 amide bonds. The third kappa shape index (κ3) is 2.65. The lowest BCUT2D eigenvalue weighted by Gasteiger charge is -2.12. The molecule has 16 heavy (non-hydrogen) atoms. The molecule has 0 radical (unpaired) electrons. The molecule has 1 heterocycles. The minimum Gasteiger partial charge on any atom is -0.488 e. The van der Waals surface area contributed by atoms with Crippen LogP contribution in [0.1, 0.15) is 38.2 Å². The van der Waals surface area contributed by atoms with Gasteiger partial charge in [-0.25, -0.2) is 4.98 Å². The standard InChI is InChI=1S/C13H19NO2/c1-9(2)11-6-12(13(15-3)14-7-11)16-8-10-4-5-10/h6-7,9-10H,4-5,8H2,1-3H3. The third-order valence-electron chi connectivity index (χ3n) is 2.87. The zero-order chi connectivity index (χ0) is 11.5. The normalized spacial score (nSPS) is 15.2. The highest BCUT2D eigenvalue weighted by Gasteiger charge is 2.22. The van der Waals surface area contributed by atoms with Crippen molar-refractivity contribution in [3.05, 3.63) is 17.8 Å². The fourth-order valence-corrected chi connectivity index (χ4v) is 1.51. The smallest absolute Gasteiger partial charge is 0.256 e. The molecule has 0 aliphatic heterocycles. The molecule has 88 valence electrons. The Morgan fingerprint density at radius 2 is 2.19 bits per heavy atom. The summed E-state index contributed by atoms with van der Waals surface area (Å²) in [6.07, 6.45) is 4.44. The van der Waals surface area contributed by atoms with E-state index in [1.807, 2.05) is 12.3 Å². The Morgan fingerprint density at radius 3 is 2.75 bits per heavy atom. The summed E-state index contributed by atoms with van der Waals surface area (Å²) in [7, 11) is 1.63. The number of ether oxygens (including phenoxy) is 2. The van der Waals surface area contributed by atoms with Gasteiger partial charge in [-0.1, -0.05) is 13.8 Å². The van der Waals surface area contributed by atoms with Gasteiger partial charge < -0.3 is 9.47 Å². The predicted octanol–water partition coefficient (Wildman–Crippen LogP) is 3.00. The lowest BCUT2D eigenvalue weighted by Crippen LogP contribution is -2.03. The van der Waals surface area contributed by atoms with Gasteiger partial charge in [0.25, 0.3) is 5.88 Å². The van der Waals surface area contributed by atoms with Gasteiger partial charge >= 0.3 is 0 Å². The van der Waals surface area contributed by atoms with Gasteiger partial charge in [0.2, 0.25) is 0 Å². The Bertz CT molecular complexity index is 359. The molecule has 1 aliphatic rings. The summed E-state index contributed by atoms with van der Waals surface area (Å²) in [5.41, 5.74) is 1.19. The molecule has 1 aromatic heterocycles. The molecule has 1 saturated carbocycles. The van der Waals surface area contributed by atoms with Crippen LogP contribution in [0.2, 0.25) is 0 Å².